The van der Waals surface area contributed by atoms with Crippen molar-refractivity contribution in [1.82, 2.24) is 10.3 Å². The van der Waals surface area contributed by atoms with Gasteiger partial charge in [-0.15, -0.1) is 11.3 Å². The van der Waals surface area contributed by atoms with Crippen molar-refractivity contribution in [2.45, 2.75) is 19.6 Å². The van der Waals surface area contributed by atoms with E-state index in [4.69, 9.17) is 4.74 Å². The van der Waals surface area contributed by atoms with Crippen molar-refractivity contribution in [3.8, 4) is 0 Å². The fraction of sp³-hybridized carbons (Fsp3) is 0.667. The third-order valence-electron chi connectivity index (χ3n) is 1.87. The van der Waals surface area contributed by atoms with Crippen molar-refractivity contribution in [3.05, 3.63) is 16.1 Å². The number of aromatic nitrogens is 1. The Morgan fingerprint density at radius 1 is 1.71 bits per heavy atom. The van der Waals surface area contributed by atoms with Gasteiger partial charge in [0, 0.05) is 25.1 Å². The number of aryl methyl sites for hydroxylation is 1. The molecule has 0 amide bonds. The molecule has 1 aromatic heterocycles. The van der Waals surface area contributed by atoms with E-state index in [-0.39, 0.29) is 0 Å². The SMILES string of the molecule is COCC(O)CNCc1scnc1C. The van der Waals surface area contributed by atoms with Crippen LogP contribution in [-0.2, 0) is 11.3 Å². The number of hydrogen-bond donors (Lipinski definition) is 2. The predicted molar refractivity (Wildman–Crippen MR) is 56.4 cm³/mol. The van der Waals surface area contributed by atoms with E-state index in [1.807, 2.05) is 12.4 Å². The molecule has 1 atom stereocenters. The summed E-state index contributed by atoms with van der Waals surface area (Å²) < 4.78 is 4.82. The summed E-state index contributed by atoms with van der Waals surface area (Å²) in [6.07, 6.45) is -0.437. The van der Waals surface area contributed by atoms with Crippen LogP contribution in [0.5, 0.6) is 0 Å². The molecule has 0 aliphatic rings. The lowest BCUT2D eigenvalue weighted by molar-refractivity contribution is 0.0644. The second-order valence-corrected chi connectivity index (χ2v) is 4.04. The number of aliphatic hydroxyl groups is 1. The van der Waals surface area contributed by atoms with E-state index in [9.17, 15) is 5.11 Å². The molecule has 0 saturated heterocycles. The highest BCUT2D eigenvalue weighted by Gasteiger charge is 2.04. The molecular weight excluding hydrogens is 200 g/mol. The molecule has 0 fully saturated rings. The van der Waals surface area contributed by atoms with Gasteiger partial charge in [-0.25, -0.2) is 4.98 Å². The standard InChI is InChI=1S/C9H16N2O2S/c1-7-9(14-6-11-7)4-10-3-8(12)5-13-2/h6,8,10,12H,3-5H2,1-2H3. The average molecular weight is 216 g/mol. The Kier molecular flexibility index (Phi) is 5.03. The van der Waals surface area contributed by atoms with Crippen LogP contribution < -0.4 is 5.32 Å². The first-order valence-electron chi connectivity index (χ1n) is 4.50. The van der Waals surface area contributed by atoms with Gasteiger partial charge in [0.25, 0.3) is 0 Å². The van der Waals surface area contributed by atoms with Crippen LogP contribution in [0.2, 0.25) is 0 Å². The van der Waals surface area contributed by atoms with Crippen LogP contribution >= 0.6 is 11.3 Å². The fourth-order valence-electron chi connectivity index (χ4n) is 1.10. The van der Waals surface area contributed by atoms with Crippen LogP contribution in [0, 0.1) is 6.92 Å². The zero-order chi connectivity index (χ0) is 10.4. The monoisotopic (exact) mass is 216 g/mol. The van der Waals surface area contributed by atoms with Crippen LogP contribution in [0.3, 0.4) is 0 Å². The van der Waals surface area contributed by atoms with E-state index in [2.05, 4.69) is 10.3 Å². The second-order valence-electron chi connectivity index (χ2n) is 3.10. The minimum absolute atomic E-state index is 0.370. The van der Waals surface area contributed by atoms with E-state index in [1.54, 1.807) is 18.4 Å². The minimum atomic E-state index is -0.437. The maximum Gasteiger partial charge on any atom is 0.0897 e. The molecule has 14 heavy (non-hydrogen) atoms. The first-order valence-corrected chi connectivity index (χ1v) is 5.38. The smallest absolute Gasteiger partial charge is 0.0897 e. The van der Waals surface area contributed by atoms with Gasteiger partial charge >= 0.3 is 0 Å². The van der Waals surface area contributed by atoms with Crippen LogP contribution in [0.25, 0.3) is 0 Å². The first-order chi connectivity index (χ1) is 6.74. The van der Waals surface area contributed by atoms with Gasteiger partial charge in [-0.2, -0.15) is 0 Å². The molecule has 80 valence electrons. The van der Waals surface area contributed by atoms with Crippen LogP contribution in [0.1, 0.15) is 10.6 Å². The predicted octanol–water partition coefficient (Wildman–Crippen LogP) is 0.548. The molecule has 1 heterocycles. The van der Waals surface area contributed by atoms with Crippen molar-refractivity contribution in [2.75, 3.05) is 20.3 Å². The molecule has 2 N–H and O–H groups in total. The molecule has 5 heteroatoms. The van der Waals surface area contributed by atoms with Crippen LogP contribution in [0.4, 0.5) is 0 Å². The number of aliphatic hydroxyl groups excluding tert-OH is 1. The molecule has 0 spiro atoms. The molecule has 0 aliphatic carbocycles. The van der Waals surface area contributed by atoms with E-state index < -0.39 is 6.10 Å². The molecular formula is C9H16N2O2S. The maximum absolute atomic E-state index is 9.35. The summed E-state index contributed by atoms with van der Waals surface area (Å²) in [5.41, 5.74) is 2.89. The van der Waals surface area contributed by atoms with Crippen LogP contribution in [-0.4, -0.2) is 36.5 Å². The van der Waals surface area contributed by atoms with E-state index >= 15 is 0 Å². The molecule has 1 aromatic rings. The number of rotatable bonds is 6. The third-order valence-corrected chi connectivity index (χ3v) is 2.80. The number of thiazole rings is 1. The maximum atomic E-state index is 9.35. The molecule has 0 radical (unpaired) electrons. The normalized spacial score (nSPS) is 13.1. The van der Waals surface area contributed by atoms with Gasteiger partial charge < -0.3 is 15.2 Å². The highest BCUT2D eigenvalue weighted by atomic mass is 32.1. The lowest BCUT2D eigenvalue weighted by atomic mass is 10.3. The fourth-order valence-corrected chi connectivity index (χ4v) is 1.85. The van der Waals surface area contributed by atoms with Gasteiger partial charge in [0.1, 0.15) is 0 Å². The van der Waals surface area contributed by atoms with E-state index in [0.717, 1.165) is 12.2 Å². The lowest BCUT2D eigenvalue weighted by Gasteiger charge is -2.09. The minimum Gasteiger partial charge on any atom is -0.389 e. The van der Waals surface area contributed by atoms with Crippen LogP contribution in [0.15, 0.2) is 5.51 Å². The number of nitrogens with zero attached hydrogens (tertiary/aromatic N) is 1. The first kappa shape index (κ1) is 11.6. The summed E-state index contributed by atoms with van der Waals surface area (Å²) in [7, 11) is 1.58. The Balaban J connectivity index is 2.19. The number of methoxy groups -OCH3 is 1. The van der Waals surface area contributed by atoms with Crippen molar-refractivity contribution in [2.24, 2.45) is 0 Å². The Bertz CT molecular complexity index is 265. The van der Waals surface area contributed by atoms with Gasteiger partial charge in [-0.05, 0) is 6.92 Å². The van der Waals surface area contributed by atoms with Crippen molar-refractivity contribution in [3.63, 3.8) is 0 Å². The van der Waals surface area contributed by atoms with Gasteiger partial charge in [0.2, 0.25) is 0 Å². The van der Waals surface area contributed by atoms with Crippen molar-refractivity contribution < 1.29 is 9.84 Å². The number of nitrogens with one attached hydrogen (secondary N) is 1. The molecule has 1 rings (SSSR count). The summed E-state index contributed by atoms with van der Waals surface area (Å²) in [6.45, 7) is 3.66. The molecule has 0 aliphatic heterocycles. The van der Waals surface area contributed by atoms with E-state index in [1.165, 1.54) is 4.88 Å². The topological polar surface area (TPSA) is 54.4 Å². The Morgan fingerprint density at radius 3 is 3.07 bits per heavy atom. The second kappa shape index (κ2) is 6.08. The Morgan fingerprint density at radius 2 is 2.50 bits per heavy atom. The van der Waals surface area contributed by atoms with Crippen molar-refractivity contribution in [1.29, 1.82) is 0 Å². The highest BCUT2D eigenvalue weighted by Crippen LogP contribution is 2.10. The third kappa shape index (κ3) is 3.71. The Labute approximate surface area is 87.9 Å². The highest BCUT2D eigenvalue weighted by molar-refractivity contribution is 7.09. The summed E-state index contributed by atoms with van der Waals surface area (Å²) in [5.74, 6) is 0. The summed E-state index contributed by atoms with van der Waals surface area (Å²) >= 11 is 1.63. The van der Waals surface area contributed by atoms with Gasteiger partial charge in [0.05, 0.1) is 23.9 Å². The zero-order valence-corrected chi connectivity index (χ0v) is 9.30. The zero-order valence-electron chi connectivity index (χ0n) is 8.49. The quantitative estimate of drug-likeness (QED) is 0.729. The van der Waals surface area contributed by atoms with Crippen molar-refractivity contribution >= 4 is 11.3 Å². The average Bonchev–Trinajstić information content (AvgIpc) is 2.52. The summed E-state index contributed by atoms with van der Waals surface area (Å²) in [6, 6.07) is 0. The summed E-state index contributed by atoms with van der Waals surface area (Å²) in [4.78, 5) is 5.36. The Hall–Kier alpha value is -0.490. The van der Waals surface area contributed by atoms with E-state index in [0.29, 0.717) is 13.2 Å². The molecule has 0 bridgehead atoms. The van der Waals surface area contributed by atoms with Gasteiger partial charge in [-0.3, -0.25) is 0 Å². The number of ether oxygens (including phenoxy) is 1. The summed E-state index contributed by atoms with van der Waals surface area (Å²) in [5, 5.41) is 12.5. The largest absolute Gasteiger partial charge is 0.389 e. The van der Waals surface area contributed by atoms with Gasteiger partial charge in [0.15, 0.2) is 0 Å². The number of hydrogen-bond acceptors (Lipinski definition) is 5. The molecule has 0 saturated carbocycles. The lowest BCUT2D eigenvalue weighted by Crippen LogP contribution is -2.29. The molecule has 1 unspecified atom stereocenters. The molecule has 0 aromatic carbocycles. The molecule has 4 nitrogen and oxygen atoms in total. The van der Waals surface area contributed by atoms with Gasteiger partial charge in [-0.1, -0.05) is 0 Å².